The van der Waals surface area contributed by atoms with Gasteiger partial charge in [-0.15, -0.1) is 0 Å². The summed E-state index contributed by atoms with van der Waals surface area (Å²) in [5.74, 6) is -1.41. The van der Waals surface area contributed by atoms with E-state index in [0.717, 1.165) is 18.7 Å². The molecule has 1 aromatic carbocycles. The molecule has 0 saturated heterocycles. The number of amides is 1. The fourth-order valence-electron chi connectivity index (χ4n) is 3.86. The highest BCUT2D eigenvalue weighted by molar-refractivity contribution is 6.76. The lowest BCUT2D eigenvalue weighted by molar-refractivity contribution is -0.138. The first-order chi connectivity index (χ1) is 15.7. The van der Waals surface area contributed by atoms with Gasteiger partial charge >= 0.3 is 5.97 Å². The number of rotatable bonds is 19. The molecule has 0 aliphatic carbocycles. The van der Waals surface area contributed by atoms with Crippen molar-refractivity contribution < 1.29 is 14.7 Å². The van der Waals surface area contributed by atoms with E-state index >= 15 is 0 Å². The lowest BCUT2D eigenvalue weighted by Crippen LogP contribution is -2.38. The van der Waals surface area contributed by atoms with Crippen molar-refractivity contribution in [2.24, 2.45) is 0 Å². The molecule has 188 valence electrons. The lowest BCUT2D eigenvalue weighted by Gasteiger charge is -2.14. The molecule has 33 heavy (non-hydrogen) atoms. The average molecular weight is 477 g/mol. The number of hydrogen-bond acceptors (Lipinski definition) is 3. The molecule has 6 heteroatoms. The van der Waals surface area contributed by atoms with Crippen LogP contribution in [0.4, 0.5) is 5.69 Å². The van der Waals surface area contributed by atoms with Crippen LogP contribution in [0.15, 0.2) is 24.3 Å². The monoisotopic (exact) mass is 476 g/mol. The number of carbonyl (C=O) groups excluding carboxylic acids is 1. The molecular weight excluding hydrogens is 428 g/mol. The Balaban J connectivity index is 1.95. The van der Waals surface area contributed by atoms with Crippen molar-refractivity contribution in [2.45, 2.75) is 116 Å². The van der Waals surface area contributed by atoms with E-state index in [2.05, 4.69) is 30.3 Å². The van der Waals surface area contributed by atoms with Crippen LogP contribution in [0.3, 0.4) is 0 Å². The largest absolute Gasteiger partial charge is 0.480 e. The zero-order valence-electron chi connectivity index (χ0n) is 21.5. The molecule has 0 aliphatic rings. The number of nitrogens with one attached hydrogen (secondary N) is 2. The first kappa shape index (κ1) is 29.2. The normalized spacial score (nSPS) is 12.4. The van der Waals surface area contributed by atoms with Crippen LogP contribution in [0.1, 0.15) is 94.3 Å². The third-order valence-electron chi connectivity index (χ3n) is 6.05. The summed E-state index contributed by atoms with van der Waals surface area (Å²) in [6, 6.07) is 7.77. The number of hydrogen-bond donors (Lipinski definition) is 3. The van der Waals surface area contributed by atoms with E-state index in [0.29, 0.717) is 5.56 Å². The first-order valence-electron chi connectivity index (χ1n) is 13.1. The molecule has 0 fully saturated rings. The summed E-state index contributed by atoms with van der Waals surface area (Å²) in [5, 5.41) is 14.7. The van der Waals surface area contributed by atoms with E-state index in [1.807, 2.05) is 12.1 Å². The number of carboxylic acid groups (broad SMARTS) is 1. The topological polar surface area (TPSA) is 78.4 Å². The van der Waals surface area contributed by atoms with Gasteiger partial charge < -0.3 is 15.7 Å². The second-order valence-corrected chi connectivity index (χ2v) is 16.2. The van der Waals surface area contributed by atoms with Crippen LogP contribution in [0.25, 0.3) is 0 Å². The third kappa shape index (κ3) is 15.6. The van der Waals surface area contributed by atoms with E-state index in [1.165, 1.54) is 83.6 Å². The Bertz CT molecular complexity index is 671. The molecule has 1 unspecified atom stereocenters. The standard InChI is InChI=1S/C27H48N2O3Si/c1-23(27(31)32)29-26(30)24-17-19-25(20-18-24)28-21-15-13-11-9-7-5-6-8-10-12-14-16-22-33(2,3)4/h17-20,23,28H,5-16,21-22H2,1-4H3,(H,29,30)(H,31,32). The summed E-state index contributed by atoms with van der Waals surface area (Å²) in [4.78, 5) is 22.8. The van der Waals surface area contributed by atoms with Gasteiger partial charge in [-0.1, -0.05) is 96.3 Å². The molecule has 1 amide bonds. The number of anilines is 1. The molecule has 1 atom stereocenters. The Morgan fingerprint density at radius 3 is 1.70 bits per heavy atom. The molecule has 0 heterocycles. The Labute approximate surface area is 203 Å². The number of carbonyl (C=O) groups is 2. The maximum Gasteiger partial charge on any atom is 0.325 e. The summed E-state index contributed by atoms with van der Waals surface area (Å²) in [7, 11) is -0.823. The third-order valence-corrected chi connectivity index (χ3v) is 7.90. The lowest BCUT2D eigenvalue weighted by atomic mass is 10.1. The minimum absolute atomic E-state index is 0.367. The van der Waals surface area contributed by atoms with Gasteiger partial charge in [0.2, 0.25) is 0 Å². The van der Waals surface area contributed by atoms with Gasteiger partial charge in [0.25, 0.3) is 5.91 Å². The van der Waals surface area contributed by atoms with Crippen LogP contribution >= 0.6 is 0 Å². The van der Waals surface area contributed by atoms with Crippen molar-refractivity contribution in [1.82, 2.24) is 5.32 Å². The summed E-state index contributed by atoms with van der Waals surface area (Å²) in [6.07, 6.45) is 16.3. The summed E-state index contributed by atoms with van der Waals surface area (Å²) in [5.41, 5.74) is 1.45. The van der Waals surface area contributed by atoms with Crippen molar-refractivity contribution >= 4 is 25.6 Å². The van der Waals surface area contributed by atoms with Gasteiger partial charge in [0.1, 0.15) is 6.04 Å². The predicted octanol–water partition coefficient (Wildman–Crippen LogP) is 7.32. The van der Waals surface area contributed by atoms with Crippen LogP contribution in [0.2, 0.25) is 25.7 Å². The maximum absolute atomic E-state index is 12.0. The van der Waals surface area contributed by atoms with Crippen molar-refractivity contribution in [3.05, 3.63) is 29.8 Å². The molecule has 0 aliphatic heterocycles. The van der Waals surface area contributed by atoms with Gasteiger partial charge in [-0.2, -0.15) is 0 Å². The van der Waals surface area contributed by atoms with Crippen LogP contribution < -0.4 is 10.6 Å². The second kappa shape index (κ2) is 16.7. The highest BCUT2D eigenvalue weighted by Gasteiger charge is 2.15. The number of carboxylic acids is 1. The van der Waals surface area contributed by atoms with Crippen LogP contribution in [-0.4, -0.2) is 37.6 Å². The minimum Gasteiger partial charge on any atom is -0.480 e. The van der Waals surface area contributed by atoms with Crippen molar-refractivity contribution in [3.8, 4) is 0 Å². The minimum atomic E-state index is -1.04. The first-order valence-corrected chi connectivity index (χ1v) is 16.8. The van der Waals surface area contributed by atoms with Crippen LogP contribution in [0, 0.1) is 0 Å². The van der Waals surface area contributed by atoms with Gasteiger partial charge in [0.15, 0.2) is 0 Å². The number of benzene rings is 1. The number of aliphatic carboxylic acids is 1. The maximum atomic E-state index is 12.0. The van der Waals surface area contributed by atoms with E-state index in [9.17, 15) is 9.59 Å². The molecule has 0 saturated carbocycles. The Hall–Kier alpha value is -1.82. The Morgan fingerprint density at radius 2 is 1.24 bits per heavy atom. The Morgan fingerprint density at radius 1 is 0.788 bits per heavy atom. The molecule has 1 rings (SSSR count). The van der Waals surface area contributed by atoms with Crippen molar-refractivity contribution in [1.29, 1.82) is 0 Å². The zero-order valence-corrected chi connectivity index (χ0v) is 22.5. The molecule has 1 aromatic rings. The molecule has 0 bridgehead atoms. The highest BCUT2D eigenvalue weighted by Crippen LogP contribution is 2.17. The summed E-state index contributed by atoms with van der Waals surface area (Å²) >= 11 is 0. The predicted molar refractivity (Wildman–Crippen MR) is 143 cm³/mol. The molecule has 0 aromatic heterocycles. The van der Waals surface area contributed by atoms with E-state index in [4.69, 9.17) is 5.11 Å². The molecule has 5 nitrogen and oxygen atoms in total. The molecule has 0 spiro atoms. The van der Waals surface area contributed by atoms with E-state index < -0.39 is 20.1 Å². The van der Waals surface area contributed by atoms with Gasteiger partial charge in [-0.05, 0) is 37.6 Å². The van der Waals surface area contributed by atoms with E-state index in [1.54, 1.807) is 12.1 Å². The van der Waals surface area contributed by atoms with Crippen LogP contribution in [-0.2, 0) is 4.79 Å². The van der Waals surface area contributed by atoms with Crippen LogP contribution in [0.5, 0.6) is 0 Å². The van der Waals surface area contributed by atoms with Crippen molar-refractivity contribution in [3.63, 3.8) is 0 Å². The fraction of sp³-hybridized carbons (Fsp3) is 0.704. The SMILES string of the molecule is CC(NC(=O)c1ccc(NCCCCCCCCCCCCCC[Si](C)(C)C)cc1)C(=O)O. The average Bonchev–Trinajstić information content (AvgIpc) is 2.75. The van der Waals surface area contributed by atoms with Gasteiger partial charge in [-0.25, -0.2) is 0 Å². The summed E-state index contributed by atoms with van der Waals surface area (Å²) in [6.45, 7) is 9.80. The fourth-order valence-corrected chi connectivity index (χ4v) is 5.17. The van der Waals surface area contributed by atoms with Gasteiger partial charge in [-0.3, -0.25) is 9.59 Å². The van der Waals surface area contributed by atoms with Gasteiger partial charge in [0.05, 0.1) is 0 Å². The quantitative estimate of drug-likeness (QED) is 0.144. The molecular formula is C27H48N2O3Si. The second-order valence-electron chi connectivity index (χ2n) is 10.6. The molecule has 0 radical (unpaired) electrons. The Kier molecular flexibility index (Phi) is 14.8. The zero-order chi connectivity index (χ0) is 24.5. The summed E-state index contributed by atoms with van der Waals surface area (Å²) < 4.78 is 0. The van der Waals surface area contributed by atoms with Gasteiger partial charge in [0, 0.05) is 25.9 Å². The number of unbranched alkanes of at least 4 members (excludes halogenated alkanes) is 11. The smallest absolute Gasteiger partial charge is 0.325 e. The van der Waals surface area contributed by atoms with Crippen molar-refractivity contribution in [2.75, 3.05) is 11.9 Å². The highest BCUT2D eigenvalue weighted by atomic mass is 28.3. The van der Waals surface area contributed by atoms with E-state index in [-0.39, 0.29) is 5.91 Å². The molecule has 3 N–H and O–H groups in total.